The van der Waals surface area contributed by atoms with E-state index in [4.69, 9.17) is 14.2 Å². The second-order valence-corrected chi connectivity index (χ2v) is 16.1. The predicted octanol–water partition coefficient (Wildman–Crippen LogP) is 16.9. The standard InChI is InChI=1S/C59H90O6/c1-4-7-10-13-16-19-22-25-27-29-30-32-34-37-40-43-46-49-52-58(61)64-55-56(54-63-57(60)51-48-45-42-39-36-33-24-21-18-15-12-9-6-3)65-59(62)53-50-47-44-41-38-35-31-28-26-23-20-17-14-11-8-5-2/h8-9,11-12,15,17-18,20-22,24-30,32-33,35-36,38-39,42,56H,4-7,10,13-14,16,19,23,31,34,37,40-41,43-55H2,1-3H3/b11-8+,12-9+,18-15+,20-17+,24-21+,25-22+,28-26+,29-27+,32-30+,36-33+,38-35+,42-39+. The quantitative estimate of drug-likeness (QED) is 0.0199. The molecule has 0 fully saturated rings. The second kappa shape index (κ2) is 51.9. The molecule has 0 aliphatic rings. The van der Waals surface area contributed by atoms with Gasteiger partial charge in [-0.3, -0.25) is 14.4 Å². The van der Waals surface area contributed by atoms with Crippen LogP contribution in [-0.4, -0.2) is 37.2 Å². The molecule has 0 aromatic heterocycles. The van der Waals surface area contributed by atoms with Crippen molar-refractivity contribution in [3.8, 4) is 0 Å². The van der Waals surface area contributed by atoms with E-state index in [2.05, 4.69) is 112 Å². The Morgan fingerprint density at radius 2 is 0.692 bits per heavy atom. The monoisotopic (exact) mass is 895 g/mol. The number of carbonyl (C=O) groups excluding carboxylic acids is 3. The minimum absolute atomic E-state index is 0.131. The summed E-state index contributed by atoms with van der Waals surface area (Å²) >= 11 is 0. The molecule has 0 aliphatic carbocycles. The fraction of sp³-hybridized carbons (Fsp3) is 0.542. The number of unbranched alkanes of at least 4 members (excludes halogenated alkanes) is 14. The maximum absolute atomic E-state index is 12.8. The molecule has 362 valence electrons. The Balaban J connectivity index is 4.60. The Labute approximate surface area is 397 Å². The third-order valence-corrected chi connectivity index (χ3v) is 10.00. The lowest BCUT2D eigenvalue weighted by atomic mass is 10.1. The Morgan fingerprint density at radius 1 is 0.338 bits per heavy atom. The van der Waals surface area contributed by atoms with E-state index < -0.39 is 6.10 Å². The Morgan fingerprint density at radius 3 is 1.20 bits per heavy atom. The van der Waals surface area contributed by atoms with Gasteiger partial charge in [-0.25, -0.2) is 0 Å². The van der Waals surface area contributed by atoms with Gasteiger partial charge in [0, 0.05) is 19.3 Å². The molecule has 0 heterocycles. The molecule has 0 bridgehead atoms. The van der Waals surface area contributed by atoms with Crippen molar-refractivity contribution < 1.29 is 28.6 Å². The van der Waals surface area contributed by atoms with Crippen LogP contribution in [0.1, 0.15) is 188 Å². The first kappa shape index (κ1) is 60.3. The van der Waals surface area contributed by atoms with Gasteiger partial charge in [0.05, 0.1) is 0 Å². The van der Waals surface area contributed by atoms with Gasteiger partial charge in [0.15, 0.2) is 6.10 Å². The lowest BCUT2D eigenvalue weighted by Gasteiger charge is -2.18. The summed E-state index contributed by atoms with van der Waals surface area (Å²) in [5.41, 5.74) is 0. The van der Waals surface area contributed by atoms with Gasteiger partial charge in [-0.2, -0.15) is 0 Å². The molecule has 1 unspecified atom stereocenters. The van der Waals surface area contributed by atoms with Gasteiger partial charge in [-0.05, 0) is 96.3 Å². The fourth-order valence-electron chi connectivity index (χ4n) is 6.23. The fourth-order valence-corrected chi connectivity index (χ4v) is 6.23. The highest BCUT2D eigenvalue weighted by Gasteiger charge is 2.19. The van der Waals surface area contributed by atoms with E-state index in [0.29, 0.717) is 19.3 Å². The zero-order valence-corrected chi connectivity index (χ0v) is 41.2. The highest BCUT2D eigenvalue weighted by Crippen LogP contribution is 2.11. The summed E-state index contributed by atoms with van der Waals surface area (Å²) < 4.78 is 16.7. The summed E-state index contributed by atoms with van der Waals surface area (Å²) in [6, 6.07) is 0. The van der Waals surface area contributed by atoms with Crippen molar-refractivity contribution >= 4 is 17.9 Å². The molecule has 0 radical (unpaired) electrons. The maximum atomic E-state index is 12.8. The van der Waals surface area contributed by atoms with Gasteiger partial charge < -0.3 is 14.2 Å². The van der Waals surface area contributed by atoms with Crippen LogP contribution in [-0.2, 0) is 28.6 Å². The van der Waals surface area contributed by atoms with Crippen molar-refractivity contribution in [2.24, 2.45) is 0 Å². The predicted molar refractivity (Wildman–Crippen MR) is 279 cm³/mol. The average Bonchev–Trinajstić information content (AvgIpc) is 3.30. The van der Waals surface area contributed by atoms with Crippen LogP contribution in [0, 0.1) is 0 Å². The minimum Gasteiger partial charge on any atom is -0.462 e. The van der Waals surface area contributed by atoms with Gasteiger partial charge >= 0.3 is 17.9 Å². The van der Waals surface area contributed by atoms with Crippen LogP contribution in [0.25, 0.3) is 0 Å². The SMILES string of the molecule is CC/C=C/C=C/C=C/C=C/C=C/CCCC(=O)OCC(COC(=O)CCCCCCC/C=C/C=C/C=C/CCCCCCC)OC(=O)CCCCC/C=C/C/C=C/C/C=C/C/C=C/CC. The normalized spacial score (nSPS) is 13.3. The molecule has 1 atom stereocenters. The summed E-state index contributed by atoms with van der Waals surface area (Å²) in [5.74, 6) is -1.07. The molecule has 0 aromatic rings. The molecule has 6 nitrogen and oxygen atoms in total. The molecule has 6 heteroatoms. The number of hydrogen-bond acceptors (Lipinski definition) is 6. The van der Waals surface area contributed by atoms with E-state index in [1.165, 1.54) is 32.1 Å². The highest BCUT2D eigenvalue weighted by atomic mass is 16.6. The highest BCUT2D eigenvalue weighted by molar-refractivity contribution is 5.71. The topological polar surface area (TPSA) is 78.9 Å². The van der Waals surface area contributed by atoms with E-state index in [0.717, 1.165) is 103 Å². The second-order valence-electron chi connectivity index (χ2n) is 16.1. The van der Waals surface area contributed by atoms with Crippen molar-refractivity contribution in [2.45, 2.75) is 194 Å². The molecule has 0 saturated heterocycles. The van der Waals surface area contributed by atoms with Crippen LogP contribution in [0.2, 0.25) is 0 Å². The third kappa shape index (κ3) is 50.2. The first-order chi connectivity index (χ1) is 32.0. The van der Waals surface area contributed by atoms with Crippen molar-refractivity contribution in [1.29, 1.82) is 0 Å². The summed E-state index contributed by atoms with van der Waals surface area (Å²) in [5, 5.41) is 0. The summed E-state index contributed by atoms with van der Waals surface area (Å²) in [6.45, 7) is 6.22. The van der Waals surface area contributed by atoms with Gasteiger partial charge in [0.1, 0.15) is 13.2 Å². The van der Waals surface area contributed by atoms with Crippen LogP contribution in [0.3, 0.4) is 0 Å². The van der Waals surface area contributed by atoms with Gasteiger partial charge in [-0.1, -0.05) is 218 Å². The van der Waals surface area contributed by atoms with Gasteiger partial charge in [0.2, 0.25) is 0 Å². The van der Waals surface area contributed by atoms with Crippen LogP contribution >= 0.6 is 0 Å². The number of carbonyl (C=O) groups is 3. The smallest absolute Gasteiger partial charge is 0.306 e. The summed E-state index contributed by atoms with van der Waals surface area (Å²) in [4.78, 5) is 37.9. The average molecular weight is 895 g/mol. The Hall–Kier alpha value is -4.71. The first-order valence-electron chi connectivity index (χ1n) is 25.4. The van der Waals surface area contributed by atoms with E-state index in [1.54, 1.807) is 0 Å². The Bertz CT molecular complexity index is 1490. The number of hydrogen-bond donors (Lipinski definition) is 0. The molecule has 0 spiro atoms. The molecule has 0 saturated carbocycles. The van der Waals surface area contributed by atoms with Gasteiger partial charge in [-0.15, -0.1) is 0 Å². The van der Waals surface area contributed by atoms with Crippen LogP contribution in [0.5, 0.6) is 0 Å². The van der Waals surface area contributed by atoms with Crippen LogP contribution in [0.4, 0.5) is 0 Å². The van der Waals surface area contributed by atoms with E-state index in [9.17, 15) is 14.4 Å². The molecule has 0 rings (SSSR count). The van der Waals surface area contributed by atoms with E-state index >= 15 is 0 Å². The molecule has 0 aliphatic heterocycles. The number of allylic oxidation sites excluding steroid dienone is 24. The number of rotatable bonds is 43. The lowest BCUT2D eigenvalue weighted by Crippen LogP contribution is -2.30. The van der Waals surface area contributed by atoms with Crippen LogP contribution < -0.4 is 0 Å². The summed E-state index contributed by atoms with van der Waals surface area (Å²) in [6.07, 6.45) is 74.1. The van der Waals surface area contributed by atoms with Crippen molar-refractivity contribution in [2.75, 3.05) is 13.2 Å². The molecule has 0 N–H and O–H groups in total. The molecular weight excluding hydrogens is 805 g/mol. The molecule has 65 heavy (non-hydrogen) atoms. The zero-order chi connectivity index (χ0) is 47.2. The zero-order valence-electron chi connectivity index (χ0n) is 41.2. The Kier molecular flexibility index (Phi) is 48.2. The van der Waals surface area contributed by atoms with Gasteiger partial charge in [0.25, 0.3) is 0 Å². The lowest BCUT2D eigenvalue weighted by molar-refractivity contribution is -0.167. The molecule has 0 aromatic carbocycles. The van der Waals surface area contributed by atoms with E-state index in [-0.39, 0.29) is 44.0 Å². The number of ether oxygens (including phenoxy) is 3. The first-order valence-corrected chi connectivity index (χ1v) is 25.4. The number of esters is 3. The maximum Gasteiger partial charge on any atom is 0.306 e. The van der Waals surface area contributed by atoms with Crippen molar-refractivity contribution in [3.63, 3.8) is 0 Å². The van der Waals surface area contributed by atoms with E-state index in [1.807, 2.05) is 54.7 Å². The molecular formula is C59H90O6. The van der Waals surface area contributed by atoms with Crippen molar-refractivity contribution in [1.82, 2.24) is 0 Å². The molecule has 0 amide bonds. The largest absolute Gasteiger partial charge is 0.462 e. The third-order valence-electron chi connectivity index (χ3n) is 10.00. The minimum atomic E-state index is -0.838. The summed E-state index contributed by atoms with van der Waals surface area (Å²) in [7, 11) is 0. The van der Waals surface area contributed by atoms with Crippen LogP contribution in [0.15, 0.2) is 146 Å². The van der Waals surface area contributed by atoms with Crippen molar-refractivity contribution in [3.05, 3.63) is 146 Å².